The van der Waals surface area contributed by atoms with Crippen LogP contribution in [-0.4, -0.2) is 26.2 Å². The molecular weight excluding hydrogens is 196 g/mol. The molecule has 1 aliphatic heterocycles. The number of likely N-dealkylation sites (tertiary alicyclic amines) is 1. The molecule has 1 aromatic rings. The lowest BCUT2D eigenvalue weighted by atomic mass is 9.93. The van der Waals surface area contributed by atoms with E-state index in [0.717, 1.165) is 12.0 Å². The highest BCUT2D eigenvalue weighted by Gasteiger charge is 2.30. The summed E-state index contributed by atoms with van der Waals surface area (Å²) in [5, 5.41) is 2.40. The van der Waals surface area contributed by atoms with Gasteiger partial charge >= 0.3 is 0 Å². The van der Waals surface area contributed by atoms with E-state index >= 15 is 0 Å². The second-order valence-corrected chi connectivity index (χ2v) is 5.13. The number of hydrogen-bond donors (Lipinski definition) is 2. The Morgan fingerprint density at radius 1 is 1.31 bits per heavy atom. The number of rotatable bonds is 3. The SMILES string of the molecule is C[NH2+][C@@H]1C[NH+](Cc2ccccc2)CC[C@@H]1C. The van der Waals surface area contributed by atoms with Crippen LogP contribution in [0.15, 0.2) is 30.3 Å². The van der Waals surface area contributed by atoms with Crippen LogP contribution in [0.3, 0.4) is 0 Å². The molecule has 2 heteroatoms. The van der Waals surface area contributed by atoms with Gasteiger partial charge in [-0.2, -0.15) is 0 Å². The molecule has 3 atom stereocenters. The Kier molecular flexibility index (Phi) is 3.97. The van der Waals surface area contributed by atoms with Gasteiger partial charge in [-0.3, -0.25) is 0 Å². The van der Waals surface area contributed by atoms with Gasteiger partial charge in [0.1, 0.15) is 19.1 Å². The van der Waals surface area contributed by atoms with E-state index in [1.165, 1.54) is 31.6 Å². The van der Waals surface area contributed by atoms with Crippen LogP contribution in [0, 0.1) is 5.92 Å². The van der Waals surface area contributed by atoms with Crippen LogP contribution >= 0.6 is 0 Å². The molecule has 1 fully saturated rings. The zero-order valence-electron chi connectivity index (χ0n) is 10.4. The topological polar surface area (TPSA) is 21.1 Å². The first-order valence-corrected chi connectivity index (χ1v) is 6.46. The average Bonchev–Trinajstić information content (AvgIpc) is 2.33. The predicted octanol–water partition coefficient (Wildman–Crippen LogP) is -0.327. The minimum Gasteiger partial charge on any atom is -0.341 e. The van der Waals surface area contributed by atoms with Gasteiger partial charge in [-0.1, -0.05) is 37.3 Å². The van der Waals surface area contributed by atoms with E-state index in [2.05, 4.69) is 49.6 Å². The zero-order chi connectivity index (χ0) is 11.4. The summed E-state index contributed by atoms with van der Waals surface area (Å²) in [6, 6.07) is 11.7. The Morgan fingerprint density at radius 3 is 2.75 bits per heavy atom. The lowest BCUT2D eigenvalue weighted by Crippen LogP contribution is -3.16. The van der Waals surface area contributed by atoms with Crippen LogP contribution in [0.2, 0.25) is 0 Å². The molecule has 0 aliphatic carbocycles. The maximum Gasteiger partial charge on any atom is 0.138 e. The molecule has 2 rings (SSSR count). The van der Waals surface area contributed by atoms with E-state index in [1.54, 1.807) is 4.90 Å². The van der Waals surface area contributed by atoms with Crippen molar-refractivity contribution in [1.82, 2.24) is 0 Å². The quantitative estimate of drug-likeness (QED) is 0.696. The summed E-state index contributed by atoms with van der Waals surface area (Å²) in [5.74, 6) is 0.879. The molecule has 1 saturated heterocycles. The maximum absolute atomic E-state index is 2.40. The van der Waals surface area contributed by atoms with Crippen molar-refractivity contribution in [2.45, 2.75) is 25.9 Å². The standard InChI is InChI=1S/C14H22N2/c1-12-8-9-16(11-14(12)15-2)10-13-6-4-3-5-7-13/h3-7,12,14-15H,8-11H2,1-2H3/p+2/t12-,14+/m0/s1. The molecule has 1 unspecified atom stereocenters. The first-order valence-electron chi connectivity index (χ1n) is 6.46. The minimum atomic E-state index is 0.812. The highest BCUT2D eigenvalue weighted by molar-refractivity contribution is 5.13. The van der Waals surface area contributed by atoms with Gasteiger partial charge in [0, 0.05) is 17.9 Å². The van der Waals surface area contributed by atoms with Gasteiger partial charge in [-0.05, 0) is 0 Å². The van der Waals surface area contributed by atoms with E-state index in [4.69, 9.17) is 0 Å². The Morgan fingerprint density at radius 2 is 2.06 bits per heavy atom. The fraction of sp³-hybridized carbons (Fsp3) is 0.571. The fourth-order valence-corrected chi connectivity index (χ4v) is 2.77. The second-order valence-electron chi connectivity index (χ2n) is 5.13. The smallest absolute Gasteiger partial charge is 0.138 e. The van der Waals surface area contributed by atoms with Gasteiger partial charge in [0.15, 0.2) is 0 Å². The van der Waals surface area contributed by atoms with Crippen LogP contribution in [0.5, 0.6) is 0 Å². The number of nitrogens with one attached hydrogen (secondary N) is 1. The van der Waals surface area contributed by atoms with Crippen LogP contribution in [0.1, 0.15) is 18.9 Å². The fourth-order valence-electron chi connectivity index (χ4n) is 2.77. The van der Waals surface area contributed by atoms with Crippen LogP contribution in [0.25, 0.3) is 0 Å². The molecule has 0 amide bonds. The van der Waals surface area contributed by atoms with E-state index in [9.17, 15) is 0 Å². The van der Waals surface area contributed by atoms with Gasteiger partial charge in [0.25, 0.3) is 0 Å². The molecule has 0 radical (unpaired) electrons. The molecular formula is C14H24N2+2. The molecule has 0 aromatic heterocycles. The summed E-state index contributed by atoms with van der Waals surface area (Å²) in [5.41, 5.74) is 1.47. The maximum atomic E-state index is 2.40. The third-order valence-electron chi connectivity index (χ3n) is 3.93. The number of likely N-dealkylation sites (N-methyl/N-ethyl adjacent to an activating group) is 1. The zero-order valence-corrected chi connectivity index (χ0v) is 10.4. The second kappa shape index (κ2) is 5.46. The van der Waals surface area contributed by atoms with Gasteiger partial charge < -0.3 is 10.2 Å². The van der Waals surface area contributed by atoms with Crippen molar-refractivity contribution in [2.75, 3.05) is 20.1 Å². The first kappa shape index (κ1) is 11.6. The summed E-state index contributed by atoms with van der Waals surface area (Å²) >= 11 is 0. The Hall–Kier alpha value is -0.860. The molecule has 3 N–H and O–H groups in total. The van der Waals surface area contributed by atoms with Crippen LogP contribution < -0.4 is 10.2 Å². The molecule has 1 heterocycles. The molecule has 2 nitrogen and oxygen atoms in total. The molecule has 0 spiro atoms. The van der Waals surface area contributed by atoms with Crippen molar-refractivity contribution in [1.29, 1.82) is 0 Å². The molecule has 1 aromatic carbocycles. The molecule has 1 aliphatic rings. The van der Waals surface area contributed by atoms with Crippen LogP contribution in [0.4, 0.5) is 0 Å². The van der Waals surface area contributed by atoms with Crippen molar-refractivity contribution in [3.63, 3.8) is 0 Å². The van der Waals surface area contributed by atoms with Crippen molar-refractivity contribution >= 4 is 0 Å². The number of hydrogen-bond acceptors (Lipinski definition) is 0. The van der Waals surface area contributed by atoms with Crippen molar-refractivity contribution < 1.29 is 10.2 Å². The average molecular weight is 220 g/mol. The summed E-state index contributed by atoms with van der Waals surface area (Å²) in [6.45, 7) is 6.23. The monoisotopic (exact) mass is 220 g/mol. The highest BCUT2D eigenvalue weighted by Crippen LogP contribution is 2.06. The van der Waals surface area contributed by atoms with Crippen molar-refractivity contribution in [3.8, 4) is 0 Å². The number of nitrogens with two attached hydrogens (primary N) is 1. The number of quaternary nitrogens is 2. The number of piperidine rings is 1. The molecule has 0 saturated carbocycles. The lowest BCUT2D eigenvalue weighted by molar-refractivity contribution is -0.939. The summed E-state index contributed by atoms with van der Waals surface area (Å²) in [6.07, 6.45) is 1.37. The lowest BCUT2D eigenvalue weighted by Gasteiger charge is -2.32. The van der Waals surface area contributed by atoms with Gasteiger partial charge in [0.05, 0.1) is 13.6 Å². The number of benzene rings is 1. The summed E-state index contributed by atoms with van der Waals surface area (Å²) < 4.78 is 0. The Bertz CT molecular complexity index is 310. The third kappa shape index (κ3) is 2.83. The first-order chi connectivity index (χ1) is 7.79. The molecule has 16 heavy (non-hydrogen) atoms. The van der Waals surface area contributed by atoms with E-state index < -0.39 is 0 Å². The summed E-state index contributed by atoms with van der Waals surface area (Å²) in [7, 11) is 2.21. The minimum absolute atomic E-state index is 0.812. The van der Waals surface area contributed by atoms with Crippen molar-refractivity contribution in [2.24, 2.45) is 5.92 Å². The highest BCUT2D eigenvalue weighted by atomic mass is 15.2. The van der Waals surface area contributed by atoms with Gasteiger partial charge in [-0.25, -0.2) is 0 Å². The van der Waals surface area contributed by atoms with Gasteiger partial charge in [0.2, 0.25) is 0 Å². The van der Waals surface area contributed by atoms with E-state index in [0.29, 0.717) is 0 Å². The molecule has 0 bridgehead atoms. The predicted molar refractivity (Wildman–Crippen MR) is 66.3 cm³/mol. The van der Waals surface area contributed by atoms with E-state index in [1.807, 2.05) is 0 Å². The largest absolute Gasteiger partial charge is 0.341 e. The van der Waals surface area contributed by atoms with Crippen molar-refractivity contribution in [3.05, 3.63) is 35.9 Å². The van der Waals surface area contributed by atoms with Gasteiger partial charge in [-0.15, -0.1) is 0 Å². The van der Waals surface area contributed by atoms with E-state index in [-0.39, 0.29) is 0 Å². The normalized spacial score (nSPS) is 30.2. The Labute approximate surface area is 98.7 Å². The third-order valence-corrected chi connectivity index (χ3v) is 3.93. The Balaban J connectivity index is 1.92. The molecule has 88 valence electrons. The summed E-state index contributed by atoms with van der Waals surface area (Å²) in [4.78, 5) is 1.74. The van der Waals surface area contributed by atoms with Crippen LogP contribution in [-0.2, 0) is 6.54 Å².